The molecule has 140 valence electrons. The minimum atomic E-state index is -4.92. The number of hydrogen-bond acceptors (Lipinski definition) is 5. The molecule has 0 fully saturated rings. The van der Waals surface area contributed by atoms with E-state index in [2.05, 4.69) is 25.1 Å². The van der Waals surface area contributed by atoms with Crippen LogP contribution in [-0.4, -0.2) is 40.5 Å². The van der Waals surface area contributed by atoms with E-state index in [1.54, 1.807) is 18.2 Å². The summed E-state index contributed by atoms with van der Waals surface area (Å²) in [5.74, 6) is -1.28. The van der Waals surface area contributed by atoms with Crippen molar-refractivity contribution >= 4 is 52.0 Å². The van der Waals surface area contributed by atoms with E-state index < -0.39 is 20.1 Å². The van der Waals surface area contributed by atoms with Gasteiger partial charge in [0.2, 0.25) is 0 Å². The summed E-state index contributed by atoms with van der Waals surface area (Å²) in [6.07, 6.45) is 0. The number of rotatable bonds is 4. The van der Waals surface area contributed by atoms with Crippen LogP contribution in [0, 0.1) is 6.92 Å². The van der Waals surface area contributed by atoms with Gasteiger partial charge in [0.15, 0.2) is 0 Å². The van der Waals surface area contributed by atoms with Crippen LogP contribution >= 0.6 is 15.9 Å². The maximum absolute atomic E-state index is 11.4. The molecular formula is C16H17AsBrNO7. The minimum Gasteiger partial charge on any atom is -0.478 e. The first-order chi connectivity index (χ1) is 12.1. The van der Waals surface area contributed by atoms with Crippen molar-refractivity contribution in [1.82, 2.24) is 0 Å². The van der Waals surface area contributed by atoms with Crippen LogP contribution in [0.5, 0.6) is 0 Å². The van der Waals surface area contributed by atoms with E-state index in [0.29, 0.717) is 10.0 Å². The molecule has 0 saturated heterocycles. The van der Waals surface area contributed by atoms with Crippen molar-refractivity contribution in [3.05, 3.63) is 58.1 Å². The van der Waals surface area contributed by atoms with Crippen LogP contribution in [0.4, 0.5) is 5.69 Å². The Balaban J connectivity index is 0.000000273. The fraction of sp³-hybridized carbons (Fsp3) is 0.125. The number of aryl methyl sites for hydroxylation is 1. The Kier molecular flexibility index (Phi) is 8.26. The molecule has 0 aliphatic heterocycles. The Morgan fingerprint density at radius 2 is 1.81 bits per heavy atom. The molecule has 0 radical (unpaired) electrons. The summed E-state index contributed by atoms with van der Waals surface area (Å²) < 4.78 is 24.7. The maximum atomic E-state index is 11.4. The minimum absolute atomic E-state index is 0.103. The predicted octanol–water partition coefficient (Wildman–Crippen LogP) is 2.16. The number of carbonyl (C=O) groups is 2. The first-order valence-corrected chi connectivity index (χ1v) is 11.2. The molecule has 26 heavy (non-hydrogen) atoms. The number of para-hydroxylation sites is 1. The van der Waals surface area contributed by atoms with Crippen LogP contribution in [-0.2, 0) is 12.4 Å². The van der Waals surface area contributed by atoms with Crippen molar-refractivity contribution in [2.24, 2.45) is 0 Å². The van der Waals surface area contributed by atoms with Crippen LogP contribution in [0.25, 0.3) is 0 Å². The summed E-state index contributed by atoms with van der Waals surface area (Å²) in [6, 6.07) is 11.1. The molecular weight excluding hydrogens is 473 g/mol. The van der Waals surface area contributed by atoms with Crippen molar-refractivity contribution in [2.45, 2.75) is 13.8 Å². The summed E-state index contributed by atoms with van der Waals surface area (Å²) in [4.78, 5) is 21.3. The van der Waals surface area contributed by atoms with Gasteiger partial charge in [-0.3, -0.25) is 0 Å². The second-order valence-electron chi connectivity index (χ2n) is 5.09. The zero-order chi connectivity index (χ0) is 19.9. The number of carbonyl (C=O) groups excluding carboxylic acids is 1. The maximum Gasteiger partial charge on any atom is 0.336 e. The Bertz CT molecular complexity index is 856. The van der Waals surface area contributed by atoms with Gasteiger partial charge in [0.1, 0.15) is 0 Å². The number of benzene rings is 2. The molecule has 8 nitrogen and oxygen atoms in total. The molecule has 2 rings (SSSR count). The molecule has 0 aromatic heterocycles. The van der Waals surface area contributed by atoms with Gasteiger partial charge in [-0.05, 0) is 35.0 Å². The largest absolute Gasteiger partial charge is 0.478 e. The van der Waals surface area contributed by atoms with Gasteiger partial charge in [-0.25, -0.2) is 4.79 Å². The van der Waals surface area contributed by atoms with Crippen LogP contribution < -0.4 is 9.67 Å². The molecule has 0 heterocycles. The molecule has 10 heteroatoms. The third-order valence-electron chi connectivity index (χ3n) is 2.98. The number of anilines is 1. The van der Waals surface area contributed by atoms with Gasteiger partial charge < -0.3 is 5.11 Å². The molecule has 1 amide bonds. The van der Waals surface area contributed by atoms with Crippen LogP contribution in [0.1, 0.15) is 22.8 Å². The van der Waals surface area contributed by atoms with E-state index in [1.165, 1.54) is 25.1 Å². The summed E-state index contributed by atoms with van der Waals surface area (Å²) in [5, 5.41) is 19.3. The van der Waals surface area contributed by atoms with Crippen LogP contribution in [0.15, 0.2) is 46.9 Å². The average Bonchev–Trinajstić information content (AvgIpc) is 2.57. The molecule has 4 N–H and O–H groups in total. The fourth-order valence-corrected chi connectivity index (χ4v) is 3.95. The number of amides is 1. The first-order valence-electron chi connectivity index (χ1n) is 7.11. The predicted molar refractivity (Wildman–Crippen MR) is 98.6 cm³/mol. The standard InChI is InChI=1S/C8H10AsNO5.C8H7BrO2/c1-6(11)10-8-5-3-2-4-7(8)9(12,13)15-14;1-5-2-3-7(9)6(4-5)8(10)11/h2-5,14H,1H3,(H,10,11)(H,12,13);2-4H,1H3,(H,10,11). The molecule has 2 aromatic carbocycles. The molecule has 0 bridgehead atoms. The third-order valence-corrected chi connectivity index (χ3v) is 6.23. The Hall–Kier alpha value is -1.90. The summed E-state index contributed by atoms with van der Waals surface area (Å²) in [7, 11) is 0. The number of hydrogen-bond donors (Lipinski definition) is 4. The van der Waals surface area contributed by atoms with E-state index in [4.69, 9.17) is 10.4 Å². The average molecular weight is 490 g/mol. The smallest absolute Gasteiger partial charge is 0.336 e. The molecule has 0 aliphatic carbocycles. The van der Waals surface area contributed by atoms with Crippen LogP contribution in [0.2, 0.25) is 0 Å². The zero-order valence-corrected chi connectivity index (χ0v) is 17.3. The number of carboxylic acids is 1. The second kappa shape index (κ2) is 9.70. The van der Waals surface area contributed by atoms with E-state index in [1.807, 2.05) is 13.0 Å². The van der Waals surface area contributed by atoms with Gasteiger partial charge in [0.05, 0.1) is 5.56 Å². The van der Waals surface area contributed by atoms with Gasteiger partial charge in [-0.2, -0.15) is 0 Å². The Morgan fingerprint density at radius 3 is 2.31 bits per heavy atom. The second-order valence-corrected chi connectivity index (χ2v) is 9.48. The normalized spacial score (nSPS) is 12.3. The first kappa shape index (κ1) is 22.1. The summed E-state index contributed by atoms with van der Waals surface area (Å²) in [5.41, 5.74) is 1.42. The third kappa shape index (κ3) is 6.43. The molecule has 0 saturated carbocycles. The van der Waals surface area contributed by atoms with Gasteiger partial charge in [-0.1, -0.05) is 11.6 Å². The van der Waals surface area contributed by atoms with Gasteiger partial charge in [0.25, 0.3) is 0 Å². The zero-order valence-electron chi connectivity index (χ0n) is 13.8. The topological polar surface area (TPSA) is 133 Å². The van der Waals surface area contributed by atoms with Gasteiger partial charge >= 0.3 is 94.4 Å². The SMILES string of the molecule is CC(=O)Nc1ccccc1[As](=O)(O)OO.Cc1ccc(Br)c(C(=O)O)c1. The number of aromatic carboxylic acids is 1. The van der Waals surface area contributed by atoms with Crippen molar-refractivity contribution < 1.29 is 31.7 Å². The monoisotopic (exact) mass is 489 g/mol. The molecule has 0 aliphatic rings. The van der Waals surface area contributed by atoms with E-state index in [9.17, 15) is 17.4 Å². The quantitative estimate of drug-likeness (QED) is 0.293. The van der Waals surface area contributed by atoms with Crippen molar-refractivity contribution in [3.8, 4) is 0 Å². The van der Waals surface area contributed by atoms with Crippen molar-refractivity contribution in [3.63, 3.8) is 0 Å². The Labute approximate surface area is 160 Å². The van der Waals surface area contributed by atoms with Crippen LogP contribution in [0.3, 0.4) is 0 Å². The van der Waals surface area contributed by atoms with Gasteiger partial charge in [-0.15, -0.1) is 0 Å². The van der Waals surface area contributed by atoms with E-state index in [0.717, 1.165) is 5.56 Å². The summed E-state index contributed by atoms with van der Waals surface area (Å²) in [6.45, 7) is 3.13. The molecule has 0 spiro atoms. The van der Waals surface area contributed by atoms with Crippen molar-refractivity contribution in [2.75, 3.05) is 5.32 Å². The number of halogens is 1. The molecule has 1 atom stereocenters. The van der Waals surface area contributed by atoms with E-state index >= 15 is 0 Å². The summed E-state index contributed by atoms with van der Waals surface area (Å²) >= 11 is -1.77. The Morgan fingerprint density at radius 1 is 1.19 bits per heavy atom. The fourth-order valence-electron chi connectivity index (χ4n) is 1.86. The van der Waals surface area contributed by atoms with Crippen molar-refractivity contribution in [1.29, 1.82) is 0 Å². The van der Waals surface area contributed by atoms with E-state index in [-0.39, 0.29) is 15.9 Å². The molecule has 2 aromatic rings. The number of carboxylic acid groups (broad SMARTS) is 1. The van der Waals surface area contributed by atoms with Gasteiger partial charge in [0, 0.05) is 4.47 Å². The number of nitrogens with one attached hydrogen (secondary N) is 1. The molecule has 1 unspecified atom stereocenters.